The number of hydrogen-bond acceptors (Lipinski definition) is 5. The highest BCUT2D eigenvalue weighted by Crippen LogP contribution is 2.46. The fraction of sp³-hybridized carbons (Fsp3) is 0.385. The lowest BCUT2D eigenvalue weighted by molar-refractivity contribution is 0.0696. The van der Waals surface area contributed by atoms with Crippen molar-refractivity contribution in [3.8, 4) is 17.0 Å². The second-order valence-corrected chi connectivity index (χ2v) is 9.84. The Hall–Kier alpha value is -2.54. The third-order valence-electron chi connectivity index (χ3n) is 6.67. The molecule has 178 valence electrons. The van der Waals surface area contributed by atoms with Crippen molar-refractivity contribution in [2.75, 3.05) is 13.1 Å². The van der Waals surface area contributed by atoms with Crippen molar-refractivity contribution in [2.45, 2.75) is 44.1 Å². The van der Waals surface area contributed by atoms with Crippen LogP contribution in [0.15, 0.2) is 47.0 Å². The van der Waals surface area contributed by atoms with Crippen molar-refractivity contribution >= 4 is 29.2 Å². The molecule has 1 unspecified atom stereocenters. The summed E-state index contributed by atoms with van der Waals surface area (Å²) in [6.45, 7) is 1.87. The summed E-state index contributed by atoms with van der Waals surface area (Å²) in [7, 11) is 0. The van der Waals surface area contributed by atoms with Crippen LogP contribution in [-0.4, -0.2) is 35.4 Å². The molecule has 3 aromatic rings. The predicted octanol–water partition coefficient (Wildman–Crippen LogP) is 6.21. The van der Waals surface area contributed by atoms with E-state index in [1.807, 2.05) is 18.2 Å². The molecule has 0 bridgehead atoms. The Balaban J connectivity index is 1.50. The second-order valence-electron chi connectivity index (χ2n) is 9.02. The molecule has 6 nitrogen and oxygen atoms in total. The molecular formula is C26H26Cl2N2O4. The van der Waals surface area contributed by atoms with Crippen LogP contribution >= 0.6 is 23.2 Å². The number of carboxylic acids is 1. The molecule has 2 aliphatic rings. The van der Waals surface area contributed by atoms with Crippen LogP contribution in [0.4, 0.5) is 0 Å². The number of benzene rings is 2. The smallest absolute Gasteiger partial charge is 0.335 e. The number of ether oxygens (including phenoxy) is 1. The first-order valence-corrected chi connectivity index (χ1v) is 12.4. The van der Waals surface area contributed by atoms with E-state index in [1.165, 1.54) is 0 Å². The normalized spacial score (nSPS) is 17.5. The number of aromatic nitrogens is 1. The van der Waals surface area contributed by atoms with Crippen LogP contribution in [0, 0.1) is 5.92 Å². The number of carbonyl (C=O) groups is 1. The average Bonchev–Trinajstić information content (AvgIpc) is 3.61. The highest BCUT2D eigenvalue weighted by Gasteiger charge is 2.36. The summed E-state index contributed by atoms with van der Waals surface area (Å²) in [6, 6.07) is 12.0. The van der Waals surface area contributed by atoms with Gasteiger partial charge in [0, 0.05) is 23.5 Å². The zero-order valence-corrected chi connectivity index (χ0v) is 20.1. The van der Waals surface area contributed by atoms with Gasteiger partial charge in [0.1, 0.15) is 23.3 Å². The SMILES string of the molecule is O=C(O)c1ccc(OC(Cc2c(-c3c(Cl)cccc3Cl)noc2C2CC2)C2CCNCC2)cc1. The molecular weight excluding hydrogens is 475 g/mol. The van der Waals surface area contributed by atoms with Crippen molar-refractivity contribution in [3.05, 3.63) is 69.4 Å². The minimum Gasteiger partial charge on any atom is -0.490 e. The van der Waals surface area contributed by atoms with E-state index in [4.69, 9.17) is 32.5 Å². The Morgan fingerprint density at radius 1 is 1.09 bits per heavy atom. The molecule has 0 radical (unpaired) electrons. The zero-order chi connectivity index (χ0) is 23.7. The predicted molar refractivity (Wildman–Crippen MR) is 131 cm³/mol. The molecule has 5 rings (SSSR count). The molecule has 0 spiro atoms. The van der Waals surface area contributed by atoms with E-state index in [2.05, 4.69) is 10.5 Å². The van der Waals surface area contributed by atoms with Crippen LogP contribution in [0.25, 0.3) is 11.3 Å². The van der Waals surface area contributed by atoms with Gasteiger partial charge in [0.2, 0.25) is 0 Å². The molecule has 1 atom stereocenters. The maximum atomic E-state index is 11.2. The van der Waals surface area contributed by atoms with Crippen molar-refractivity contribution < 1.29 is 19.2 Å². The lowest BCUT2D eigenvalue weighted by atomic mass is 9.87. The summed E-state index contributed by atoms with van der Waals surface area (Å²) >= 11 is 13.1. The molecule has 2 N–H and O–H groups in total. The van der Waals surface area contributed by atoms with Gasteiger partial charge in [-0.25, -0.2) is 4.79 Å². The maximum Gasteiger partial charge on any atom is 0.335 e. The molecule has 1 saturated carbocycles. The number of nitrogens with zero attached hydrogens (tertiary/aromatic N) is 1. The van der Waals surface area contributed by atoms with E-state index in [-0.39, 0.29) is 11.7 Å². The van der Waals surface area contributed by atoms with Gasteiger partial charge in [0.05, 0.1) is 15.6 Å². The molecule has 2 fully saturated rings. The number of carboxylic acid groups (broad SMARTS) is 1. The van der Waals surface area contributed by atoms with E-state index < -0.39 is 5.97 Å². The van der Waals surface area contributed by atoms with Gasteiger partial charge in [-0.05, 0) is 81.1 Å². The second kappa shape index (κ2) is 9.98. The van der Waals surface area contributed by atoms with E-state index in [0.29, 0.717) is 45.3 Å². The Labute approximate surface area is 208 Å². The Morgan fingerprint density at radius 3 is 2.38 bits per heavy atom. The quantitative estimate of drug-likeness (QED) is 0.382. The Morgan fingerprint density at radius 2 is 1.76 bits per heavy atom. The lowest BCUT2D eigenvalue weighted by Crippen LogP contribution is -2.38. The molecule has 1 saturated heterocycles. The maximum absolute atomic E-state index is 11.2. The van der Waals surface area contributed by atoms with Crippen molar-refractivity contribution in [1.82, 2.24) is 10.5 Å². The third kappa shape index (κ3) is 4.95. The van der Waals surface area contributed by atoms with Crippen LogP contribution in [-0.2, 0) is 6.42 Å². The minimum atomic E-state index is -0.957. The number of hydrogen-bond donors (Lipinski definition) is 2. The fourth-order valence-electron chi connectivity index (χ4n) is 4.68. The van der Waals surface area contributed by atoms with Crippen molar-refractivity contribution in [3.63, 3.8) is 0 Å². The molecule has 1 aromatic heterocycles. The van der Waals surface area contributed by atoms with Gasteiger partial charge in [-0.2, -0.15) is 0 Å². The van der Waals surface area contributed by atoms with E-state index in [9.17, 15) is 9.90 Å². The lowest BCUT2D eigenvalue weighted by Gasteiger charge is -2.31. The zero-order valence-electron chi connectivity index (χ0n) is 18.6. The van der Waals surface area contributed by atoms with Gasteiger partial charge in [-0.15, -0.1) is 0 Å². The molecule has 34 heavy (non-hydrogen) atoms. The van der Waals surface area contributed by atoms with Crippen LogP contribution in [0.1, 0.15) is 53.3 Å². The van der Waals surface area contributed by atoms with Crippen LogP contribution in [0.2, 0.25) is 10.0 Å². The van der Waals surface area contributed by atoms with Gasteiger partial charge in [0.25, 0.3) is 0 Å². The van der Waals surface area contributed by atoms with Gasteiger partial charge in [-0.3, -0.25) is 0 Å². The Kier molecular flexibility index (Phi) is 6.82. The summed E-state index contributed by atoms with van der Waals surface area (Å²) < 4.78 is 12.4. The largest absolute Gasteiger partial charge is 0.490 e. The van der Waals surface area contributed by atoms with E-state index in [1.54, 1.807) is 24.3 Å². The summed E-state index contributed by atoms with van der Waals surface area (Å²) in [6.07, 6.45) is 4.61. The summed E-state index contributed by atoms with van der Waals surface area (Å²) in [5, 5.41) is 18.1. The fourth-order valence-corrected chi connectivity index (χ4v) is 5.26. The summed E-state index contributed by atoms with van der Waals surface area (Å²) in [4.78, 5) is 11.2. The third-order valence-corrected chi connectivity index (χ3v) is 7.30. The van der Waals surface area contributed by atoms with Crippen LogP contribution in [0.5, 0.6) is 5.75 Å². The van der Waals surface area contributed by atoms with Gasteiger partial charge < -0.3 is 19.7 Å². The standard InChI is InChI=1S/C26H26Cl2N2O4/c27-20-2-1-3-21(28)23(20)24-19(25(34-30-24)16-4-5-16)14-22(15-10-12-29-13-11-15)33-18-8-6-17(7-9-18)26(31)32/h1-3,6-9,15-16,22,29H,4-5,10-14H2,(H,31,32). The molecule has 0 amide bonds. The van der Waals surface area contributed by atoms with E-state index in [0.717, 1.165) is 50.1 Å². The van der Waals surface area contributed by atoms with E-state index >= 15 is 0 Å². The Bertz CT molecular complexity index is 1150. The van der Waals surface area contributed by atoms with Gasteiger partial charge in [-0.1, -0.05) is 34.4 Å². The molecule has 1 aliphatic heterocycles. The first-order chi connectivity index (χ1) is 16.5. The minimum absolute atomic E-state index is 0.130. The number of piperidine rings is 1. The van der Waals surface area contributed by atoms with Crippen molar-refractivity contribution in [1.29, 1.82) is 0 Å². The number of aromatic carboxylic acids is 1. The van der Waals surface area contributed by atoms with Crippen LogP contribution in [0.3, 0.4) is 0 Å². The summed E-state index contributed by atoms with van der Waals surface area (Å²) in [5.41, 5.74) is 2.60. The van der Waals surface area contributed by atoms with Gasteiger partial charge in [0.15, 0.2) is 0 Å². The van der Waals surface area contributed by atoms with Gasteiger partial charge >= 0.3 is 5.97 Å². The molecule has 8 heteroatoms. The average molecular weight is 501 g/mol. The van der Waals surface area contributed by atoms with Crippen LogP contribution < -0.4 is 10.1 Å². The molecule has 2 heterocycles. The highest BCUT2D eigenvalue weighted by molar-refractivity contribution is 6.39. The molecule has 2 aromatic carbocycles. The van der Waals surface area contributed by atoms with Crippen molar-refractivity contribution in [2.24, 2.45) is 5.92 Å². The number of rotatable bonds is 8. The first-order valence-electron chi connectivity index (χ1n) is 11.6. The first kappa shape index (κ1) is 23.2. The monoisotopic (exact) mass is 500 g/mol. The molecule has 1 aliphatic carbocycles. The highest BCUT2D eigenvalue weighted by atomic mass is 35.5. The number of nitrogens with one attached hydrogen (secondary N) is 1. The number of halogens is 2. The topological polar surface area (TPSA) is 84.6 Å². The summed E-state index contributed by atoms with van der Waals surface area (Å²) in [5.74, 6) is 1.28.